The number of hydrogen-bond acceptors (Lipinski definition) is 10. The molecule has 2 saturated carbocycles. The molecule has 204 valence electrons. The summed E-state index contributed by atoms with van der Waals surface area (Å²) in [6.07, 6.45) is -2.40. The molecule has 2 aromatic heterocycles. The number of fused-ring (bicyclic) bond motifs is 1. The van der Waals surface area contributed by atoms with E-state index >= 15 is 0 Å². The van der Waals surface area contributed by atoms with Crippen molar-refractivity contribution in [1.29, 1.82) is 0 Å². The number of aliphatic hydroxyl groups is 2. The van der Waals surface area contributed by atoms with Crippen LogP contribution in [-0.2, 0) is 20.3 Å². The van der Waals surface area contributed by atoms with Crippen LogP contribution in [0.15, 0.2) is 23.4 Å². The highest BCUT2D eigenvalue weighted by atomic mass is 32.2. The largest absolute Gasteiger partial charge is 0.480 e. The first-order valence-electron chi connectivity index (χ1n) is 12.1. The van der Waals surface area contributed by atoms with E-state index in [1.165, 1.54) is 10.7 Å². The monoisotopic (exact) mass is 552 g/mol. The Labute approximate surface area is 217 Å². The number of carboxylic acid groups (broad SMARTS) is 1. The lowest BCUT2D eigenvalue weighted by Crippen LogP contribution is -2.33. The van der Waals surface area contributed by atoms with Crippen LogP contribution in [0.2, 0.25) is 0 Å². The second kappa shape index (κ2) is 10.6. The molecule has 0 amide bonds. The zero-order chi connectivity index (χ0) is 27.1. The number of aromatic nitrogens is 5. The average Bonchev–Trinajstić information content (AvgIpc) is 3.42. The van der Waals surface area contributed by atoms with Crippen molar-refractivity contribution in [2.24, 2.45) is 0 Å². The van der Waals surface area contributed by atoms with Crippen LogP contribution in [0.5, 0.6) is 0 Å². The maximum absolute atomic E-state index is 13.7. The Balaban J connectivity index is 1.45. The zero-order valence-electron chi connectivity index (χ0n) is 20.2. The summed E-state index contributed by atoms with van der Waals surface area (Å²) in [5.41, 5.74) is 1.03. The van der Waals surface area contributed by atoms with Gasteiger partial charge in [0.05, 0.1) is 22.9 Å². The topological polar surface area (TPSA) is 173 Å². The van der Waals surface area contributed by atoms with E-state index in [9.17, 15) is 28.0 Å². The van der Waals surface area contributed by atoms with Gasteiger partial charge in [0, 0.05) is 24.1 Å². The quantitative estimate of drug-likeness (QED) is 0.266. The smallest absolute Gasteiger partial charge is 0.329 e. The standard InChI is InChI=1S/C23H26F2N6O6S/c1-2-5-38(36)23-27-21(26-14-7-11(14)10-3-4-12(24)13(25)6-10)18-22(28-23)31(30-29-18)15-8-16(20(35)19(15)34)37-9-17(32)33/h3-4,6,11,14-16,19-20,34-35H,2,5,7-9H2,1H3,(H,32,33)(H,26,27,28). The van der Waals surface area contributed by atoms with Crippen LogP contribution in [0.3, 0.4) is 0 Å². The lowest BCUT2D eigenvalue weighted by Gasteiger charge is -2.17. The molecule has 2 heterocycles. The van der Waals surface area contributed by atoms with Gasteiger partial charge in [0.2, 0.25) is 5.16 Å². The van der Waals surface area contributed by atoms with E-state index in [4.69, 9.17) is 9.84 Å². The molecule has 2 aliphatic carbocycles. The summed E-state index contributed by atoms with van der Waals surface area (Å²) in [6.45, 7) is 1.22. The second-order valence-electron chi connectivity index (χ2n) is 9.40. The summed E-state index contributed by atoms with van der Waals surface area (Å²) in [7, 11) is -1.54. The number of benzene rings is 1. The van der Waals surface area contributed by atoms with Gasteiger partial charge in [-0.05, 0) is 30.5 Å². The molecule has 0 radical (unpaired) electrons. The first-order chi connectivity index (χ1) is 18.2. The predicted octanol–water partition coefficient (Wildman–Crippen LogP) is 1.12. The van der Waals surface area contributed by atoms with Crippen molar-refractivity contribution in [1.82, 2.24) is 25.0 Å². The molecule has 0 spiro atoms. The lowest BCUT2D eigenvalue weighted by atomic mass is 10.1. The van der Waals surface area contributed by atoms with Gasteiger partial charge in [-0.3, -0.25) is 4.21 Å². The maximum Gasteiger partial charge on any atom is 0.329 e. The summed E-state index contributed by atoms with van der Waals surface area (Å²) < 4.78 is 46.4. The van der Waals surface area contributed by atoms with Gasteiger partial charge < -0.3 is 25.4 Å². The van der Waals surface area contributed by atoms with Crippen LogP contribution in [0.1, 0.15) is 43.7 Å². The van der Waals surface area contributed by atoms with Gasteiger partial charge in [-0.2, -0.15) is 4.98 Å². The third-order valence-corrected chi connectivity index (χ3v) is 8.08. The number of carboxylic acids is 1. The van der Waals surface area contributed by atoms with Crippen LogP contribution in [0, 0.1) is 11.6 Å². The molecule has 7 atom stereocenters. The number of aliphatic hydroxyl groups excluding tert-OH is 2. The molecule has 5 rings (SSSR count). The molecule has 38 heavy (non-hydrogen) atoms. The Morgan fingerprint density at radius 3 is 2.71 bits per heavy atom. The maximum atomic E-state index is 13.7. The number of anilines is 1. The highest BCUT2D eigenvalue weighted by Gasteiger charge is 2.45. The highest BCUT2D eigenvalue weighted by Crippen LogP contribution is 2.44. The Bertz CT molecular complexity index is 1390. The number of hydrogen-bond donors (Lipinski definition) is 4. The number of rotatable bonds is 10. The molecule has 12 nitrogen and oxygen atoms in total. The molecule has 3 aromatic rings. The minimum Gasteiger partial charge on any atom is -0.480 e. The van der Waals surface area contributed by atoms with E-state index in [0.717, 1.165) is 12.1 Å². The summed E-state index contributed by atoms with van der Waals surface area (Å²) in [5.74, 6) is -2.61. The Morgan fingerprint density at radius 2 is 2.00 bits per heavy atom. The van der Waals surface area contributed by atoms with E-state index in [-0.39, 0.29) is 40.5 Å². The van der Waals surface area contributed by atoms with E-state index in [1.807, 2.05) is 6.92 Å². The summed E-state index contributed by atoms with van der Waals surface area (Å²) in [5, 5.41) is 41.5. The summed E-state index contributed by atoms with van der Waals surface area (Å²) >= 11 is 0. The van der Waals surface area contributed by atoms with Gasteiger partial charge in [-0.15, -0.1) is 5.10 Å². The fourth-order valence-electron chi connectivity index (χ4n) is 4.71. The van der Waals surface area contributed by atoms with Gasteiger partial charge in [-0.25, -0.2) is 23.2 Å². The number of carbonyl (C=O) groups is 1. The average molecular weight is 553 g/mol. The van der Waals surface area contributed by atoms with Crippen LogP contribution >= 0.6 is 0 Å². The van der Waals surface area contributed by atoms with E-state index in [1.54, 1.807) is 0 Å². The van der Waals surface area contributed by atoms with Gasteiger partial charge in [-0.1, -0.05) is 18.2 Å². The summed E-state index contributed by atoms with van der Waals surface area (Å²) in [4.78, 5) is 19.7. The number of nitrogens with zero attached hydrogens (tertiary/aromatic N) is 5. The first-order valence-corrected chi connectivity index (χ1v) is 13.4. The van der Waals surface area contributed by atoms with Gasteiger partial charge in [0.25, 0.3) is 0 Å². The van der Waals surface area contributed by atoms with E-state index in [0.29, 0.717) is 24.2 Å². The molecule has 2 fully saturated rings. The van der Waals surface area contributed by atoms with E-state index < -0.39 is 59.4 Å². The Kier molecular flexibility index (Phi) is 7.35. The third-order valence-electron chi connectivity index (χ3n) is 6.71. The Hall–Kier alpha value is -3.14. The van der Waals surface area contributed by atoms with Crippen molar-refractivity contribution in [2.75, 3.05) is 17.7 Å². The summed E-state index contributed by atoms with van der Waals surface area (Å²) in [6, 6.07) is 2.73. The zero-order valence-corrected chi connectivity index (χ0v) is 21.0. The molecule has 2 aliphatic rings. The van der Waals surface area contributed by atoms with Crippen LogP contribution in [-0.4, -0.2) is 87.2 Å². The molecular formula is C23H26F2N6O6S. The molecular weight excluding hydrogens is 526 g/mol. The number of nitrogens with one attached hydrogen (secondary N) is 1. The van der Waals surface area contributed by atoms with Crippen molar-refractivity contribution >= 4 is 33.8 Å². The molecule has 4 N–H and O–H groups in total. The van der Waals surface area contributed by atoms with Crippen LogP contribution < -0.4 is 5.32 Å². The van der Waals surface area contributed by atoms with Crippen LogP contribution in [0.25, 0.3) is 11.2 Å². The number of ether oxygens (including phenoxy) is 1. The molecule has 0 bridgehead atoms. The van der Waals surface area contributed by atoms with Gasteiger partial charge in [0.1, 0.15) is 18.8 Å². The highest BCUT2D eigenvalue weighted by molar-refractivity contribution is 7.84. The molecule has 0 saturated heterocycles. The third kappa shape index (κ3) is 5.10. The second-order valence-corrected chi connectivity index (χ2v) is 10.9. The van der Waals surface area contributed by atoms with Crippen molar-refractivity contribution in [2.45, 2.75) is 67.7 Å². The lowest BCUT2D eigenvalue weighted by molar-refractivity contribution is -0.147. The SMILES string of the molecule is CCCS(=O)c1nc(NC2CC2c2ccc(F)c(F)c2)c2nnn(C3CC(OCC(=O)O)C(O)C3O)c2n1. The fraction of sp³-hybridized carbons (Fsp3) is 0.522. The molecule has 1 aromatic carbocycles. The van der Waals surface area contributed by atoms with Crippen molar-refractivity contribution < 1.29 is 37.8 Å². The fourth-order valence-corrected chi connectivity index (χ4v) is 5.64. The van der Waals surface area contributed by atoms with Crippen molar-refractivity contribution in [3.05, 3.63) is 35.4 Å². The normalized spacial score (nSPS) is 27.5. The molecule has 0 aliphatic heterocycles. The van der Waals surface area contributed by atoms with Crippen LogP contribution in [0.4, 0.5) is 14.6 Å². The minimum absolute atomic E-state index is 0.0298. The van der Waals surface area contributed by atoms with Crippen molar-refractivity contribution in [3.8, 4) is 0 Å². The van der Waals surface area contributed by atoms with Gasteiger partial charge >= 0.3 is 5.97 Å². The Morgan fingerprint density at radius 1 is 1.21 bits per heavy atom. The van der Waals surface area contributed by atoms with E-state index in [2.05, 4.69) is 25.6 Å². The van der Waals surface area contributed by atoms with Crippen molar-refractivity contribution in [3.63, 3.8) is 0 Å². The van der Waals surface area contributed by atoms with Gasteiger partial charge in [0.15, 0.2) is 28.6 Å². The molecule has 7 unspecified atom stereocenters. The first kappa shape index (κ1) is 26.5. The minimum atomic E-state index is -1.54. The molecule has 15 heteroatoms. The predicted molar refractivity (Wildman–Crippen MR) is 129 cm³/mol. The number of aliphatic carboxylic acids is 1. The number of halogens is 2.